The zero-order valence-corrected chi connectivity index (χ0v) is 12.0. The number of hydrogen-bond donors (Lipinski definition) is 0. The number of ether oxygens (including phenoxy) is 1. The predicted octanol–water partition coefficient (Wildman–Crippen LogP) is 1.39. The average Bonchev–Trinajstić information content (AvgIpc) is 3.00. The van der Waals surface area contributed by atoms with E-state index in [4.69, 9.17) is 4.74 Å². The van der Waals surface area contributed by atoms with Gasteiger partial charge in [0.05, 0.1) is 13.5 Å². The number of hydrogen-bond acceptors (Lipinski definition) is 4. The van der Waals surface area contributed by atoms with Gasteiger partial charge in [-0.15, -0.1) is 0 Å². The van der Waals surface area contributed by atoms with Gasteiger partial charge in [0, 0.05) is 25.0 Å². The molecule has 2 heterocycles. The summed E-state index contributed by atoms with van der Waals surface area (Å²) in [4.78, 5) is 25.9. The first-order valence-corrected chi connectivity index (χ1v) is 7.00. The molecule has 1 saturated heterocycles. The molecule has 0 saturated carbocycles. The Hall–Kier alpha value is -1.85. The van der Waals surface area contributed by atoms with E-state index >= 15 is 0 Å². The van der Waals surface area contributed by atoms with E-state index in [9.17, 15) is 9.59 Å². The number of likely N-dealkylation sites (tertiary alicyclic amines) is 1. The first-order valence-electron chi connectivity index (χ1n) is 7.00. The second kappa shape index (κ2) is 6.54. The van der Waals surface area contributed by atoms with Crippen molar-refractivity contribution >= 4 is 11.9 Å². The lowest BCUT2D eigenvalue weighted by molar-refractivity contribution is -0.145. The van der Waals surface area contributed by atoms with E-state index in [1.54, 1.807) is 23.1 Å². The number of carbonyl (C=O) groups is 2. The Morgan fingerprint density at radius 3 is 2.90 bits per heavy atom. The molecule has 110 valence electrons. The zero-order valence-electron chi connectivity index (χ0n) is 12.0. The number of esters is 1. The summed E-state index contributed by atoms with van der Waals surface area (Å²) in [5.41, 5.74) is 0. The van der Waals surface area contributed by atoms with Crippen LogP contribution in [0.1, 0.15) is 38.6 Å². The minimum absolute atomic E-state index is 0.0160. The summed E-state index contributed by atoms with van der Waals surface area (Å²) in [7, 11) is 1.38. The Bertz CT molecular complexity index is 458. The minimum Gasteiger partial charge on any atom is -0.469 e. The number of aromatic nitrogens is 2. The van der Waals surface area contributed by atoms with Crippen molar-refractivity contribution in [2.45, 2.75) is 44.7 Å². The molecule has 2 atom stereocenters. The highest BCUT2D eigenvalue weighted by Gasteiger charge is 2.31. The fraction of sp³-hybridized carbons (Fsp3) is 0.643. The first-order chi connectivity index (χ1) is 9.63. The van der Waals surface area contributed by atoms with E-state index < -0.39 is 0 Å². The Morgan fingerprint density at radius 1 is 1.45 bits per heavy atom. The van der Waals surface area contributed by atoms with Crippen molar-refractivity contribution in [3.8, 4) is 0 Å². The van der Waals surface area contributed by atoms with Crippen molar-refractivity contribution in [2.24, 2.45) is 0 Å². The summed E-state index contributed by atoms with van der Waals surface area (Å²) >= 11 is 0. The van der Waals surface area contributed by atoms with Crippen LogP contribution < -0.4 is 0 Å². The molecule has 0 aromatic carbocycles. The summed E-state index contributed by atoms with van der Waals surface area (Å²) in [5, 5.41) is 4.11. The lowest BCUT2D eigenvalue weighted by Gasteiger charge is -2.36. The van der Waals surface area contributed by atoms with Crippen LogP contribution in [0.2, 0.25) is 0 Å². The molecule has 1 amide bonds. The van der Waals surface area contributed by atoms with Gasteiger partial charge in [-0.2, -0.15) is 5.10 Å². The van der Waals surface area contributed by atoms with E-state index in [-0.39, 0.29) is 30.4 Å². The van der Waals surface area contributed by atoms with Gasteiger partial charge in [0.25, 0.3) is 0 Å². The Balaban J connectivity index is 2.07. The number of amides is 1. The van der Waals surface area contributed by atoms with Crippen LogP contribution in [-0.4, -0.2) is 46.3 Å². The van der Waals surface area contributed by atoms with Gasteiger partial charge in [0.2, 0.25) is 5.91 Å². The summed E-state index contributed by atoms with van der Waals surface area (Å²) < 4.78 is 6.36. The topological polar surface area (TPSA) is 64.4 Å². The summed E-state index contributed by atoms with van der Waals surface area (Å²) in [6.45, 7) is 2.53. The molecule has 2 unspecified atom stereocenters. The van der Waals surface area contributed by atoms with Gasteiger partial charge in [0.15, 0.2) is 0 Å². The van der Waals surface area contributed by atoms with Gasteiger partial charge in [-0.3, -0.25) is 14.3 Å². The molecule has 20 heavy (non-hydrogen) atoms. The van der Waals surface area contributed by atoms with Gasteiger partial charge in [0.1, 0.15) is 6.04 Å². The maximum Gasteiger partial charge on any atom is 0.307 e. The second-order valence-corrected chi connectivity index (χ2v) is 5.12. The van der Waals surface area contributed by atoms with Crippen LogP contribution in [0.5, 0.6) is 0 Å². The van der Waals surface area contributed by atoms with Crippen molar-refractivity contribution in [3.05, 3.63) is 18.5 Å². The maximum atomic E-state index is 12.6. The highest BCUT2D eigenvalue weighted by Crippen LogP contribution is 2.23. The third-order valence-electron chi connectivity index (χ3n) is 3.82. The molecule has 1 aliphatic heterocycles. The maximum absolute atomic E-state index is 12.6. The third kappa shape index (κ3) is 3.18. The predicted molar refractivity (Wildman–Crippen MR) is 72.9 cm³/mol. The molecule has 6 heteroatoms. The van der Waals surface area contributed by atoms with E-state index in [1.165, 1.54) is 7.11 Å². The smallest absolute Gasteiger partial charge is 0.307 e. The fourth-order valence-corrected chi connectivity index (χ4v) is 2.64. The monoisotopic (exact) mass is 279 g/mol. The normalized spacial score (nSPS) is 20.5. The molecule has 1 fully saturated rings. The van der Waals surface area contributed by atoms with Gasteiger partial charge in [-0.05, 0) is 32.3 Å². The van der Waals surface area contributed by atoms with Crippen LogP contribution in [0.3, 0.4) is 0 Å². The standard InChI is InChI=1S/C14H21N3O3/c1-11(17-9-5-7-15-17)14(19)16-8-4-3-6-12(16)10-13(18)20-2/h5,7,9,11-12H,3-4,6,8,10H2,1-2H3. The summed E-state index contributed by atoms with van der Waals surface area (Å²) in [6.07, 6.45) is 6.59. The SMILES string of the molecule is COC(=O)CC1CCCCN1C(=O)C(C)n1cccn1. The molecule has 6 nitrogen and oxygen atoms in total. The van der Waals surface area contributed by atoms with Gasteiger partial charge < -0.3 is 9.64 Å². The molecule has 1 aromatic heterocycles. The molecule has 0 aliphatic carbocycles. The van der Waals surface area contributed by atoms with E-state index in [2.05, 4.69) is 5.10 Å². The Labute approximate surface area is 118 Å². The van der Waals surface area contributed by atoms with Crippen LogP contribution in [0, 0.1) is 0 Å². The number of rotatable bonds is 4. The Morgan fingerprint density at radius 2 is 2.25 bits per heavy atom. The molecule has 0 spiro atoms. The Kier molecular flexibility index (Phi) is 4.76. The summed E-state index contributed by atoms with van der Waals surface area (Å²) in [5.74, 6) is -0.247. The molecular weight excluding hydrogens is 258 g/mol. The number of piperidine rings is 1. The van der Waals surface area contributed by atoms with Crippen molar-refractivity contribution in [2.75, 3.05) is 13.7 Å². The average molecular weight is 279 g/mol. The van der Waals surface area contributed by atoms with Crippen LogP contribution in [0.15, 0.2) is 18.5 Å². The molecular formula is C14H21N3O3. The third-order valence-corrected chi connectivity index (χ3v) is 3.82. The van der Waals surface area contributed by atoms with E-state index in [1.807, 2.05) is 11.8 Å². The number of carbonyl (C=O) groups excluding carboxylic acids is 2. The van der Waals surface area contributed by atoms with Gasteiger partial charge in [-0.1, -0.05) is 0 Å². The van der Waals surface area contributed by atoms with Crippen molar-refractivity contribution in [1.29, 1.82) is 0 Å². The quantitative estimate of drug-likeness (QED) is 0.781. The molecule has 1 aliphatic rings. The second-order valence-electron chi connectivity index (χ2n) is 5.12. The van der Waals surface area contributed by atoms with Crippen LogP contribution >= 0.6 is 0 Å². The van der Waals surface area contributed by atoms with Crippen LogP contribution in [0.4, 0.5) is 0 Å². The molecule has 1 aromatic rings. The minimum atomic E-state index is -0.344. The largest absolute Gasteiger partial charge is 0.469 e. The van der Waals surface area contributed by atoms with E-state index in [0.29, 0.717) is 6.54 Å². The highest BCUT2D eigenvalue weighted by molar-refractivity contribution is 5.81. The molecule has 0 radical (unpaired) electrons. The fourth-order valence-electron chi connectivity index (χ4n) is 2.64. The van der Waals surface area contributed by atoms with Crippen molar-refractivity contribution in [3.63, 3.8) is 0 Å². The van der Waals surface area contributed by atoms with Gasteiger partial charge in [-0.25, -0.2) is 0 Å². The van der Waals surface area contributed by atoms with Crippen molar-refractivity contribution < 1.29 is 14.3 Å². The number of methoxy groups -OCH3 is 1. The highest BCUT2D eigenvalue weighted by atomic mass is 16.5. The first kappa shape index (κ1) is 14.6. The number of nitrogens with zero attached hydrogens (tertiary/aromatic N) is 3. The zero-order chi connectivity index (χ0) is 14.5. The lowest BCUT2D eigenvalue weighted by atomic mass is 9.98. The van der Waals surface area contributed by atoms with Crippen molar-refractivity contribution in [1.82, 2.24) is 14.7 Å². The summed E-state index contributed by atoms with van der Waals surface area (Å²) in [6, 6.07) is 1.40. The van der Waals surface area contributed by atoms with Gasteiger partial charge >= 0.3 is 5.97 Å². The molecule has 0 N–H and O–H groups in total. The molecule has 2 rings (SSSR count). The van der Waals surface area contributed by atoms with Crippen LogP contribution in [0.25, 0.3) is 0 Å². The van der Waals surface area contributed by atoms with E-state index in [0.717, 1.165) is 19.3 Å². The lowest BCUT2D eigenvalue weighted by Crippen LogP contribution is -2.47. The molecule has 0 bridgehead atoms. The van der Waals surface area contributed by atoms with Crippen LogP contribution in [-0.2, 0) is 14.3 Å².